The van der Waals surface area contributed by atoms with Gasteiger partial charge in [0.15, 0.2) is 5.82 Å². The summed E-state index contributed by atoms with van der Waals surface area (Å²) in [7, 11) is 1.62. The van der Waals surface area contributed by atoms with Crippen molar-refractivity contribution in [1.29, 1.82) is 0 Å². The Labute approximate surface area is 140 Å². The van der Waals surface area contributed by atoms with E-state index in [1.54, 1.807) is 26.2 Å². The van der Waals surface area contributed by atoms with Gasteiger partial charge in [-0.1, -0.05) is 17.3 Å². The van der Waals surface area contributed by atoms with Crippen LogP contribution in [0.2, 0.25) is 0 Å². The van der Waals surface area contributed by atoms with E-state index in [-0.39, 0.29) is 11.8 Å². The van der Waals surface area contributed by atoms with Crippen molar-refractivity contribution >= 4 is 5.91 Å². The number of nitrogens with zero attached hydrogens (tertiary/aromatic N) is 3. The standard InChI is InChI=1S/C17H21N3O4/c1-12-18-16(24-19-12)13-7-8-20(11-13)17(21)14-5-3-4-6-15(14)23-10-9-22-2/h3-6,13H,7-11H2,1-2H3. The first kappa shape index (κ1) is 16.4. The summed E-state index contributed by atoms with van der Waals surface area (Å²) in [6, 6.07) is 7.28. The van der Waals surface area contributed by atoms with Crippen LogP contribution in [0, 0.1) is 6.92 Å². The van der Waals surface area contributed by atoms with Gasteiger partial charge in [0.05, 0.1) is 18.1 Å². The number of aryl methyl sites for hydroxylation is 1. The van der Waals surface area contributed by atoms with Gasteiger partial charge in [0.1, 0.15) is 12.4 Å². The Morgan fingerprint density at radius 3 is 2.96 bits per heavy atom. The number of ether oxygens (including phenoxy) is 2. The average molecular weight is 331 g/mol. The van der Waals surface area contributed by atoms with Crippen molar-refractivity contribution in [1.82, 2.24) is 15.0 Å². The van der Waals surface area contributed by atoms with Crippen LogP contribution in [0.3, 0.4) is 0 Å². The molecule has 24 heavy (non-hydrogen) atoms. The number of rotatable bonds is 6. The molecule has 2 heterocycles. The third-order valence-corrected chi connectivity index (χ3v) is 4.03. The van der Waals surface area contributed by atoms with Gasteiger partial charge in [-0.05, 0) is 25.5 Å². The number of aromatic nitrogens is 2. The lowest BCUT2D eigenvalue weighted by atomic mass is 10.1. The van der Waals surface area contributed by atoms with Crippen molar-refractivity contribution in [3.8, 4) is 5.75 Å². The minimum absolute atomic E-state index is 0.0400. The van der Waals surface area contributed by atoms with Crippen LogP contribution in [-0.4, -0.2) is 54.4 Å². The van der Waals surface area contributed by atoms with Crippen LogP contribution in [-0.2, 0) is 4.74 Å². The smallest absolute Gasteiger partial charge is 0.257 e. The van der Waals surface area contributed by atoms with Gasteiger partial charge in [-0.25, -0.2) is 0 Å². The number of methoxy groups -OCH3 is 1. The molecule has 3 rings (SSSR count). The van der Waals surface area contributed by atoms with E-state index in [1.165, 1.54) is 0 Å². The highest BCUT2D eigenvalue weighted by molar-refractivity contribution is 5.97. The molecule has 1 atom stereocenters. The van der Waals surface area contributed by atoms with E-state index in [1.807, 2.05) is 17.0 Å². The second kappa shape index (κ2) is 7.44. The third kappa shape index (κ3) is 3.56. The van der Waals surface area contributed by atoms with Gasteiger partial charge in [-0.2, -0.15) is 4.98 Å². The summed E-state index contributed by atoms with van der Waals surface area (Å²) >= 11 is 0. The van der Waals surface area contributed by atoms with Gasteiger partial charge < -0.3 is 18.9 Å². The number of carbonyl (C=O) groups excluding carboxylic acids is 1. The lowest BCUT2D eigenvalue weighted by molar-refractivity contribution is 0.0782. The fourth-order valence-corrected chi connectivity index (χ4v) is 2.80. The van der Waals surface area contributed by atoms with Crippen LogP contribution in [0.4, 0.5) is 0 Å². The van der Waals surface area contributed by atoms with E-state index in [4.69, 9.17) is 14.0 Å². The van der Waals surface area contributed by atoms with Crippen molar-refractivity contribution < 1.29 is 18.8 Å². The second-order valence-corrected chi connectivity index (χ2v) is 5.75. The molecule has 2 aromatic rings. The van der Waals surface area contributed by atoms with Gasteiger partial charge >= 0.3 is 0 Å². The molecule has 1 fully saturated rings. The monoisotopic (exact) mass is 331 g/mol. The Kier molecular flexibility index (Phi) is 5.10. The maximum Gasteiger partial charge on any atom is 0.257 e. The van der Waals surface area contributed by atoms with Gasteiger partial charge in [-0.3, -0.25) is 4.79 Å². The quantitative estimate of drug-likeness (QED) is 0.754. The summed E-state index contributed by atoms with van der Waals surface area (Å²) in [5, 5.41) is 3.82. The highest BCUT2D eigenvalue weighted by atomic mass is 16.5. The van der Waals surface area contributed by atoms with Crippen molar-refractivity contribution in [2.24, 2.45) is 0 Å². The molecule has 0 bridgehead atoms. The number of hydrogen-bond donors (Lipinski definition) is 0. The van der Waals surface area contributed by atoms with Crippen molar-refractivity contribution in [3.63, 3.8) is 0 Å². The fourth-order valence-electron chi connectivity index (χ4n) is 2.80. The van der Waals surface area contributed by atoms with Crippen molar-refractivity contribution in [2.75, 3.05) is 33.4 Å². The molecule has 0 N–H and O–H groups in total. The number of hydrogen-bond acceptors (Lipinski definition) is 6. The number of benzene rings is 1. The first-order valence-electron chi connectivity index (χ1n) is 7.99. The number of amides is 1. The Balaban J connectivity index is 1.69. The Morgan fingerprint density at radius 1 is 1.38 bits per heavy atom. The van der Waals surface area contributed by atoms with Gasteiger partial charge in [0.2, 0.25) is 5.89 Å². The Hall–Kier alpha value is -2.41. The molecule has 0 saturated carbocycles. The number of para-hydroxylation sites is 1. The van der Waals surface area contributed by atoms with Crippen molar-refractivity contribution in [3.05, 3.63) is 41.5 Å². The van der Waals surface area contributed by atoms with E-state index in [0.29, 0.717) is 49.3 Å². The molecule has 128 valence electrons. The minimum atomic E-state index is -0.0400. The molecule has 1 aliphatic rings. The van der Waals surface area contributed by atoms with E-state index in [0.717, 1.165) is 6.42 Å². The third-order valence-electron chi connectivity index (χ3n) is 4.03. The summed E-state index contributed by atoms with van der Waals surface area (Å²) in [5.74, 6) is 1.86. The molecular weight excluding hydrogens is 310 g/mol. The summed E-state index contributed by atoms with van der Waals surface area (Å²) in [5.41, 5.74) is 0.566. The lowest BCUT2D eigenvalue weighted by Crippen LogP contribution is -2.29. The van der Waals surface area contributed by atoms with Crippen LogP contribution < -0.4 is 4.74 Å². The molecule has 1 saturated heterocycles. The van der Waals surface area contributed by atoms with Crippen LogP contribution in [0.25, 0.3) is 0 Å². The zero-order valence-electron chi connectivity index (χ0n) is 13.9. The van der Waals surface area contributed by atoms with E-state index >= 15 is 0 Å². The molecule has 1 aliphatic heterocycles. The minimum Gasteiger partial charge on any atom is -0.490 e. The lowest BCUT2D eigenvalue weighted by Gasteiger charge is -2.18. The second-order valence-electron chi connectivity index (χ2n) is 5.75. The summed E-state index contributed by atoms with van der Waals surface area (Å²) in [6.07, 6.45) is 0.820. The molecule has 0 spiro atoms. The highest BCUT2D eigenvalue weighted by Crippen LogP contribution is 2.29. The fraction of sp³-hybridized carbons (Fsp3) is 0.471. The van der Waals surface area contributed by atoms with Gasteiger partial charge in [0.25, 0.3) is 5.91 Å². The Morgan fingerprint density at radius 2 is 2.21 bits per heavy atom. The zero-order chi connectivity index (χ0) is 16.9. The molecule has 1 aromatic carbocycles. The van der Waals surface area contributed by atoms with Crippen LogP contribution in [0.15, 0.2) is 28.8 Å². The molecule has 0 aliphatic carbocycles. The van der Waals surface area contributed by atoms with Gasteiger partial charge in [0, 0.05) is 20.2 Å². The van der Waals surface area contributed by atoms with E-state index in [9.17, 15) is 4.79 Å². The number of likely N-dealkylation sites (tertiary alicyclic amines) is 1. The first-order valence-corrected chi connectivity index (χ1v) is 7.99. The zero-order valence-corrected chi connectivity index (χ0v) is 13.9. The molecule has 1 aromatic heterocycles. The first-order chi connectivity index (χ1) is 11.7. The van der Waals surface area contributed by atoms with Crippen LogP contribution in [0.1, 0.15) is 34.4 Å². The predicted molar refractivity (Wildman–Crippen MR) is 86.1 cm³/mol. The molecule has 0 radical (unpaired) electrons. The molecular formula is C17H21N3O4. The summed E-state index contributed by atoms with van der Waals surface area (Å²) in [4.78, 5) is 18.9. The molecule has 7 nitrogen and oxygen atoms in total. The SMILES string of the molecule is COCCOc1ccccc1C(=O)N1CCC(c2nc(C)no2)C1. The van der Waals surface area contributed by atoms with Gasteiger partial charge in [-0.15, -0.1) is 0 Å². The maximum atomic E-state index is 12.8. The summed E-state index contributed by atoms with van der Waals surface area (Å²) < 4.78 is 15.9. The topological polar surface area (TPSA) is 77.7 Å². The largest absolute Gasteiger partial charge is 0.490 e. The van der Waals surface area contributed by atoms with Crippen molar-refractivity contribution in [2.45, 2.75) is 19.3 Å². The van der Waals surface area contributed by atoms with Crippen LogP contribution in [0.5, 0.6) is 5.75 Å². The van der Waals surface area contributed by atoms with E-state index in [2.05, 4.69) is 10.1 Å². The molecule has 1 amide bonds. The van der Waals surface area contributed by atoms with E-state index < -0.39 is 0 Å². The number of carbonyl (C=O) groups is 1. The summed E-state index contributed by atoms with van der Waals surface area (Å²) in [6.45, 7) is 3.91. The van der Waals surface area contributed by atoms with Crippen LogP contribution >= 0.6 is 0 Å². The normalized spacial score (nSPS) is 17.2. The highest BCUT2D eigenvalue weighted by Gasteiger charge is 2.32. The molecule has 7 heteroatoms. The predicted octanol–water partition coefficient (Wildman–Crippen LogP) is 2.03. The molecule has 1 unspecified atom stereocenters. The maximum absolute atomic E-state index is 12.8. The average Bonchev–Trinajstić information content (AvgIpc) is 3.24. The Bertz CT molecular complexity index is 701.